The van der Waals surface area contributed by atoms with Gasteiger partial charge < -0.3 is 16.0 Å². The van der Waals surface area contributed by atoms with Crippen LogP contribution >= 0.6 is 11.6 Å². The second-order valence-electron chi connectivity index (χ2n) is 6.73. The van der Waals surface area contributed by atoms with Gasteiger partial charge in [0.15, 0.2) is 0 Å². The Hall–Kier alpha value is -2.20. The van der Waals surface area contributed by atoms with Crippen molar-refractivity contribution in [3.8, 4) is 0 Å². The number of hydrogen-bond donors (Lipinski definition) is 2. The Kier molecular flexibility index (Phi) is 5.19. The highest BCUT2D eigenvalue weighted by atomic mass is 35.5. The fourth-order valence-corrected chi connectivity index (χ4v) is 3.51. The summed E-state index contributed by atoms with van der Waals surface area (Å²) in [6, 6.07) is 11.3. The van der Waals surface area contributed by atoms with Gasteiger partial charge in [0.05, 0.1) is 11.4 Å². The number of carbonyl (C=O) groups is 1. The van der Waals surface area contributed by atoms with Gasteiger partial charge in [0.2, 0.25) is 0 Å². The highest BCUT2D eigenvalue weighted by Gasteiger charge is 2.21. The van der Waals surface area contributed by atoms with Gasteiger partial charge in [-0.2, -0.15) is 0 Å². The highest BCUT2D eigenvalue weighted by Crippen LogP contribution is 2.33. The van der Waals surface area contributed by atoms with E-state index in [4.69, 9.17) is 17.3 Å². The molecular weight excluding hydrogens is 334 g/mol. The van der Waals surface area contributed by atoms with Gasteiger partial charge in [0, 0.05) is 28.9 Å². The van der Waals surface area contributed by atoms with Gasteiger partial charge in [0.25, 0.3) is 5.91 Å². The topological polar surface area (TPSA) is 58.4 Å². The zero-order chi connectivity index (χ0) is 18.0. The molecule has 0 unspecified atom stereocenters. The number of amides is 1. The van der Waals surface area contributed by atoms with Gasteiger partial charge in [-0.3, -0.25) is 4.79 Å². The molecule has 0 aliphatic carbocycles. The number of halogens is 1. The third-order valence-corrected chi connectivity index (χ3v) is 5.09. The fourth-order valence-electron chi connectivity index (χ4n) is 3.39. The maximum atomic E-state index is 12.5. The molecule has 1 saturated heterocycles. The number of piperidine rings is 1. The summed E-state index contributed by atoms with van der Waals surface area (Å²) in [6.07, 6.45) is 3.66. The lowest BCUT2D eigenvalue weighted by atomic mass is 10.0. The van der Waals surface area contributed by atoms with E-state index in [1.807, 2.05) is 12.1 Å². The van der Waals surface area contributed by atoms with Crippen molar-refractivity contribution in [3.63, 3.8) is 0 Å². The van der Waals surface area contributed by atoms with Crippen LogP contribution < -0.4 is 16.0 Å². The predicted molar refractivity (Wildman–Crippen MR) is 106 cm³/mol. The van der Waals surface area contributed by atoms with E-state index in [0.29, 0.717) is 28.0 Å². The first kappa shape index (κ1) is 17.6. The summed E-state index contributed by atoms with van der Waals surface area (Å²) >= 11 is 5.88. The zero-order valence-electron chi connectivity index (χ0n) is 14.7. The quantitative estimate of drug-likeness (QED) is 0.771. The van der Waals surface area contributed by atoms with Crippen molar-refractivity contribution in [1.82, 2.24) is 0 Å². The van der Waals surface area contributed by atoms with Crippen LogP contribution in [0.3, 0.4) is 0 Å². The summed E-state index contributed by atoms with van der Waals surface area (Å²) in [7, 11) is 0. The van der Waals surface area contributed by atoms with Gasteiger partial charge in [-0.05, 0) is 75.1 Å². The molecule has 3 N–H and O–H groups in total. The first-order valence-electron chi connectivity index (χ1n) is 8.69. The molecule has 1 heterocycles. The van der Waals surface area contributed by atoms with Crippen LogP contribution in [0.4, 0.5) is 17.1 Å². The summed E-state index contributed by atoms with van der Waals surface area (Å²) < 4.78 is 0. The number of hydrogen-bond acceptors (Lipinski definition) is 3. The lowest BCUT2D eigenvalue weighted by Gasteiger charge is -2.36. The number of carbonyl (C=O) groups excluding carboxylic acids is 1. The average molecular weight is 358 g/mol. The Labute approximate surface area is 154 Å². The fraction of sp³-hybridized carbons (Fsp3) is 0.350. The van der Waals surface area contributed by atoms with Crippen molar-refractivity contribution in [2.75, 3.05) is 22.5 Å². The molecule has 1 fully saturated rings. The number of nitrogens with zero attached hydrogens (tertiary/aromatic N) is 1. The first-order valence-corrected chi connectivity index (χ1v) is 9.07. The maximum Gasteiger partial charge on any atom is 0.255 e. The van der Waals surface area contributed by atoms with Crippen LogP contribution in [0.1, 0.15) is 42.1 Å². The lowest BCUT2D eigenvalue weighted by molar-refractivity contribution is 0.102. The molecule has 1 aliphatic heterocycles. The van der Waals surface area contributed by atoms with E-state index in [0.717, 1.165) is 17.8 Å². The van der Waals surface area contributed by atoms with Crippen LogP contribution in [-0.2, 0) is 0 Å². The molecule has 0 spiro atoms. The van der Waals surface area contributed by atoms with E-state index < -0.39 is 0 Å². The molecule has 1 atom stereocenters. The van der Waals surface area contributed by atoms with Crippen LogP contribution in [0.5, 0.6) is 0 Å². The molecule has 0 aromatic heterocycles. The molecule has 1 aliphatic rings. The Morgan fingerprint density at radius 3 is 2.64 bits per heavy atom. The van der Waals surface area contributed by atoms with E-state index in [2.05, 4.69) is 24.1 Å². The van der Waals surface area contributed by atoms with Gasteiger partial charge in [-0.1, -0.05) is 11.6 Å². The molecular formula is C20H24ClN3O. The summed E-state index contributed by atoms with van der Waals surface area (Å²) in [5.74, 6) is -0.190. The summed E-state index contributed by atoms with van der Waals surface area (Å²) in [6.45, 7) is 5.36. The average Bonchev–Trinajstić information content (AvgIpc) is 2.58. The highest BCUT2D eigenvalue weighted by molar-refractivity contribution is 6.30. The van der Waals surface area contributed by atoms with Crippen molar-refractivity contribution in [2.45, 2.75) is 39.2 Å². The molecule has 25 heavy (non-hydrogen) atoms. The van der Waals surface area contributed by atoms with E-state index >= 15 is 0 Å². The molecule has 2 aromatic carbocycles. The Morgan fingerprint density at radius 1 is 1.24 bits per heavy atom. The van der Waals surface area contributed by atoms with Crippen molar-refractivity contribution < 1.29 is 4.79 Å². The van der Waals surface area contributed by atoms with Crippen LogP contribution in [0.15, 0.2) is 36.4 Å². The van der Waals surface area contributed by atoms with E-state index in [9.17, 15) is 4.79 Å². The summed E-state index contributed by atoms with van der Waals surface area (Å²) in [4.78, 5) is 14.9. The summed E-state index contributed by atoms with van der Waals surface area (Å²) in [5, 5.41) is 3.54. The van der Waals surface area contributed by atoms with Crippen molar-refractivity contribution in [2.24, 2.45) is 0 Å². The molecule has 2 aromatic rings. The van der Waals surface area contributed by atoms with Crippen LogP contribution in [0, 0.1) is 6.92 Å². The Balaban J connectivity index is 1.87. The standard InChI is InChI=1S/C20H24ClN3O/c1-13-11-17(22)18(12-19(13)24-10-4-3-5-14(24)2)23-20(25)15-6-8-16(21)9-7-15/h6-9,11-12,14H,3-5,10,22H2,1-2H3,(H,23,25)/t14-/m0/s1. The van der Waals surface area contributed by atoms with Crippen LogP contribution in [-0.4, -0.2) is 18.5 Å². The number of benzene rings is 2. The number of rotatable bonds is 3. The lowest BCUT2D eigenvalue weighted by Crippen LogP contribution is -2.37. The number of nitrogen functional groups attached to an aromatic ring is 1. The van der Waals surface area contributed by atoms with Gasteiger partial charge in [-0.25, -0.2) is 0 Å². The second kappa shape index (κ2) is 7.36. The first-order chi connectivity index (χ1) is 12.0. The molecule has 4 nitrogen and oxygen atoms in total. The number of nitrogens with one attached hydrogen (secondary N) is 1. The smallest absolute Gasteiger partial charge is 0.255 e. The van der Waals surface area contributed by atoms with Gasteiger partial charge in [0.1, 0.15) is 0 Å². The number of aryl methyl sites for hydroxylation is 1. The Morgan fingerprint density at radius 2 is 1.96 bits per heavy atom. The largest absolute Gasteiger partial charge is 0.397 e. The molecule has 1 amide bonds. The summed E-state index contributed by atoms with van der Waals surface area (Å²) in [5.41, 5.74) is 10.2. The minimum Gasteiger partial charge on any atom is -0.397 e. The molecule has 0 bridgehead atoms. The normalized spacial score (nSPS) is 17.4. The monoisotopic (exact) mass is 357 g/mol. The Bertz CT molecular complexity index is 773. The predicted octanol–water partition coefficient (Wildman–Crippen LogP) is 4.86. The third kappa shape index (κ3) is 3.90. The van der Waals surface area contributed by atoms with Gasteiger partial charge in [-0.15, -0.1) is 0 Å². The van der Waals surface area contributed by atoms with E-state index in [-0.39, 0.29) is 5.91 Å². The van der Waals surface area contributed by atoms with Crippen molar-refractivity contribution in [1.29, 1.82) is 0 Å². The van der Waals surface area contributed by atoms with Crippen molar-refractivity contribution in [3.05, 3.63) is 52.5 Å². The molecule has 5 heteroatoms. The minimum atomic E-state index is -0.190. The van der Waals surface area contributed by atoms with Crippen LogP contribution in [0.25, 0.3) is 0 Å². The van der Waals surface area contributed by atoms with Crippen molar-refractivity contribution >= 4 is 34.6 Å². The van der Waals surface area contributed by atoms with Crippen LogP contribution in [0.2, 0.25) is 5.02 Å². The third-order valence-electron chi connectivity index (χ3n) is 4.84. The maximum absolute atomic E-state index is 12.5. The SMILES string of the molecule is Cc1cc(N)c(NC(=O)c2ccc(Cl)cc2)cc1N1CCCC[C@@H]1C. The zero-order valence-corrected chi connectivity index (χ0v) is 15.4. The van der Waals surface area contributed by atoms with E-state index in [1.165, 1.54) is 19.3 Å². The second-order valence-corrected chi connectivity index (χ2v) is 7.16. The molecule has 132 valence electrons. The number of anilines is 3. The minimum absolute atomic E-state index is 0.190. The molecule has 0 radical (unpaired) electrons. The number of nitrogens with two attached hydrogens (primary N) is 1. The van der Waals surface area contributed by atoms with E-state index in [1.54, 1.807) is 24.3 Å². The molecule has 0 saturated carbocycles. The van der Waals surface area contributed by atoms with Gasteiger partial charge >= 0.3 is 0 Å². The molecule has 3 rings (SSSR count).